The molecule has 0 aliphatic rings. The normalized spacial score (nSPS) is 10.9. The Labute approximate surface area is 63.1 Å². The molecule has 1 N–H and O–H groups in total. The first-order valence-electron chi connectivity index (χ1n) is 3.28. The van der Waals surface area contributed by atoms with Gasteiger partial charge >= 0.3 is 0 Å². The fourth-order valence-corrected chi connectivity index (χ4v) is 0.355. The summed E-state index contributed by atoms with van der Waals surface area (Å²) in [6.45, 7) is 13.4. The summed E-state index contributed by atoms with van der Waals surface area (Å²) in [6.07, 6.45) is 1.91. The second kappa shape index (κ2) is 3.94. The van der Waals surface area contributed by atoms with Crippen molar-refractivity contribution in [3.05, 3.63) is 36.2 Å². The van der Waals surface area contributed by atoms with E-state index in [0.717, 1.165) is 16.8 Å². The lowest BCUT2D eigenvalue weighted by Gasteiger charge is -2.00. The van der Waals surface area contributed by atoms with E-state index in [1.807, 2.05) is 27.0 Å². The summed E-state index contributed by atoms with van der Waals surface area (Å²) in [4.78, 5) is 0. The number of allylic oxidation sites excluding steroid dienone is 3. The van der Waals surface area contributed by atoms with Crippen LogP contribution in [0.5, 0.6) is 0 Å². The zero-order valence-corrected chi connectivity index (χ0v) is 6.99. The van der Waals surface area contributed by atoms with Gasteiger partial charge < -0.3 is 5.32 Å². The number of hydrogen-bond acceptors (Lipinski definition) is 1. The van der Waals surface area contributed by atoms with Gasteiger partial charge in [0.25, 0.3) is 0 Å². The molecule has 0 bridgehead atoms. The van der Waals surface area contributed by atoms with E-state index >= 15 is 0 Å². The minimum Gasteiger partial charge on any atom is -0.365 e. The molecule has 0 amide bonds. The molecule has 0 atom stereocenters. The summed E-state index contributed by atoms with van der Waals surface area (Å²) in [5.41, 5.74) is 3.18. The summed E-state index contributed by atoms with van der Waals surface area (Å²) in [5.74, 6) is 0. The van der Waals surface area contributed by atoms with Crippen LogP contribution in [0.15, 0.2) is 36.2 Å². The molecular formula is C9H15N. The highest BCUT2D eigenvalue weighted by molar-refractivity contribution is 5.23. The van der Waals surface area contributed by atoms with Crippen LogP contribution >= 0.6 is 0 Å². The lowest BCUT2D eigenvalue weighted by molar-refractivity contribution is 1.05. The monoisotopic (exact) mass is 137 g/mol. The highest BCUT2D eigenvalue weighted by Crippen LogP contribution is 2.02. The van der Waals surface area contributed by atoms with Gasteiger partial charge in [-0.25, -0.2) is 0 Å². The Kier molecular flexibility index (Phi) is 3.55. The predicted molar refractivity (Wildman–Crippen MR) is 46.5 cm³/mol. The molecule has 0 radical (unpaired) electrons. The second-order valence-corrected chi connectivity index (χ2v) is 2.53. The molecular weight excluding hydrogens is 122 g/mol. The van der Waals surface area contributed by atoms with Gasteiger partial charge in [-0.05, 0) is 26.3 Å². The van der Waals surface area contributed by atoms with E-state index in [0.29, 0.717) is 0 Å². The van der Waals surface area contributed by atoms with Crippen molar-refractivity contribution in [1.29, 1.82) is 0 Å². The maximum absolute atomic E-state index is 3.80. The average Bonchev–Trinajstić information content (AvgIpc) is 1.82. The quantitative estimate of drug-likeness (QED) is 0.589. The third-order valence-corrected chi connectivity index (χ3v) is 1.21. The molecule has 0 spiro atoms. The fourth-order valence-electron chi connectivity index (χ4n) is 0.355. The van der Waals surface area contributed by atoms with Crippen LogP contribution in [0.1, 0.15) is 20.8 Å². The van der Waals surface area contributed by atoms with E-state index in [2.05, 4.69) is 18.5 Å². The van der Waals surface area contributed by atoms with Crippen LogP contribution in [-0.2, 0) is 0 Å². The van der Waals surface area contributed by atoms with Gasteiger partial charge in [0.05, 0.1) is 0 Å². The van der Waals surface area contributed by atoms with Gasteiger partial charge in [-0.3, -0.25) is 0 Å². The summed E-state index contributed by atoms with van der Waals surface area (Å²) >= 11 is 0. The molecule has 0 aliphatic carbocycles. The molecule has 0 aromatic carbocycles. The molecule has 0 unspecified atom stereocenters. The second-order valence-electron chi connectivity index (χ2n) is 2.53. The minimum atomic E-state index is 0.945. The standard InChI is InChI=1S/C9H15N/c1-7(2)9(5)6-10-8(3)4/h6,10H,1,3H2,2,4-5H3/b9-6-. The van der Waals surface area contributed by atoms with Crippen molar-refractivity contribution in [2.75, 3.05) is 0 Å². The van der Waals surface area contributed by atoms with Crippen molar-refractivity contribution >= 4 is 0 Å². The first-order valence-corrected chi connectivity index (χ1v) is 3.28. The lowest BCUT2D eigenvalue weighted by atomic mass is 10.2. The Bertz CT molecular complexity index is 175. The van der Waals surface area contributed by atoms with Gasteiger partial charge in [-0.15, -0.1) is 0 Å². The number of rotatable bonds is 3. The maximum atomic E-state index is 3.80. The average molecular weight is 137 g/mol. The molecule has 0 saturated carbocycles. The number of hydrogen-bond donors (Lipinski definition) is 1. The molecule has 1 nitrogen and oxygen atoms in total. The van der Waals surface area contributed by atoms with E-state index in [1.54, 1.807) is 0 Å². The Morgan fingerprint density at radius 2 is 1.70 bits per heavy atom. The largest absolute Gasteiger partial charge is 0.365 e. The molecule has 56 valence electrons. The van der Waals surface area contributed by atoms with Crippen LogP contribution < -0.4 is 5.32 Å². The minimum absolute atomic E-state index is 0.945. The summed E-state index contributed by atoms with van der Waals surface area (Å²) in [5, 5.41) is 3.01. The summed E-state index contributed by atoms with van der Waals surface area (Å²) in [7, 11) is 0. The molecule has 0 heterocycles. The zero-order valence-electron chi connectivity index (χ0n) is 6.99. The molecule has 0 aromatic rings. The molecule has 0 saturated heterocycles. The first-order chi connectivity index (χ1) is 4.54. The van der Waals surface area contributed by atoms with E-state index in [1.165, 1.54) is 0 Å². The molecule has 1 heteroatoms. The van der Waals surface area contributed by atoms with Crippen LogP contribution in [0.2, 0.25) is 0 Å². The first kappa shape index (κ1) is 9.02. The van der Waals surface area contributed by atoms with Gasteiger partial charge in [0.15, 0.2) is 0 Å². The maximum Gasteiger partial charge on any atom is 0.00421 e. The van der Waals surface area contributed by atoms with E-state index < -0.39 is 0 Å². The Morgan fingerprint density at radius 3 is 2.00 bits per heavy atom. The smallest absolute Gasteiger partial charge is 0.00421 e. The molecule has 10 heavy (non-hydrogen) atoms. The zero-order chi connectivity index (χ0) is 8.15. The Hall–Kier alpha value is -0.980. The molecule has 0 fully saturated rings. The van der Waals surface area contributed by atoms with Crippen molar-refractivity contribution in [3.63, 3.8) is 0 Å². The van der Waals surface area contributed by atoms with Crippen LogP contribution in [-0.4, -0.2) is 0 Å². The van der Waals surface area contributed by atoms with E-state index in [9.17, 15) is 0 Å². The summed E-state index contributed by atoms with van der Waals surface area (Å²) in [6, 6.07) is 0. The van der Waals surface area contributed by atoms with Crippen molar-refractivity contribution in [1.82, 2.24) is 5.32 Å². The third kappa shape index (κ3) is 3.96. The fraction of sp³-hybridized carbons (Fsp3) is 0.333. The van der Waals surface area contributed by atoms with Crippen LogP contribution in [0.25, 0.3) is 0 Å². The molecule has 0 rings (SSSR count). The highest BCUT2D eigenvalue weighted by atomic mass is 14.8. The van der Waals surface area contributed by atoms with E-state index in [-0.39, 0.29) is 0 Å². The van der Waals surface area contributed by atoms with Gasteiger partial charge in [0.1, 0.15) is 0 Å². The summed E-state index contributed by atoms with van der Waals surface area (Å²) < 4.78 is 0. The molecule has 0 aliphatic heterocycles. The van der Waals surface area contributed by atoms with Crippen molar-refractivity contribution in [2.45, 2.75) is 20.8 Å². The van der Waals surface area contributed by atoms with Crippen LogP contribution in [0, 0.1) is 0 Å². The van der Waals surface area contributed by atoms with Gasteiger partial charge in [-0.1, -0.05) is 18.7 Å². The SMILES string of the molecule is C=C(C)N/C=C(/C)C(=C)C. The molecule has 0 aromatic heterocycles. The Morgan fingerprint density at radius 1 is 1.20 bits per heavy atom. The van der Waals surface area contributed by atoms with Crippen molar-refractivity contribution in [2.24, 2.45) is 0 Å². The van der Waals surface area contributed by atoms with Gasteiger partial charge in [0, 0.05) is 11.9 Å². The lowest BCUT2D eigenvalue weighted by Crippen LogP contribution is -2.00. The number of nitrogens with one attached hydrogen (secondary N) is 1. The Balaban J connectivity index is 3.92. The topological polar surface area (TPSA) is 12.0 Å². The van der Waals surface area contributed by atoms with E-state index in [4.69, 9.17) is 0 Å². The van der Waals surface area contributed by atoms with Crippen molar-refractivity contribution < 1.29 is 0 Å². The highest BCUT2D eigenvalue weighted by Gasteiger charge is 1.86. The predicted octanol–water partition coefficient (Wildman–Crippen LogP) is 2.59. The van der Waals surface area contributed by atoms with Gasteiger partial charge in [0.2, 0.25) is 0 Å². The van der Waals surface area contributed by atoms with Crippen LogP contribution in [0.3, 0.4) is 0 Å². The van der Waals surface area contributed by atoms with Crippen molar-refractivity contribution in [3.8, 4) is 0 Å². The van der Waals surface area contributed by atoms with Crippen LogP contribution in [0.4, 0.5) is 0 Å². The third-order valence-electron chi connectivity index (χ3n) is 1.21. The van der Waals surface area contributed by atoms with Gasteiger partial charge in [-0.2, -0.15) is 0 Å².